The highest BCUT2D eigenvalue weighted by Crippen LogP contribution is 2.24. The molecule has 0 unspecified atom stereocenters. The van der Waals surface area contributed by atoms with Crippen molar-refractivity contribution >= 4 is 29.0 Å². The van der Waals surface area contributed by atoms with E-state index in [9.17, 15) is 4.79 Å². The van der Waals surface area contributed by atoms with Gasteiger partial charge in [-0.1, -0.05) is 11.8 Å². The first-order valence-electron chi connectivity index (χ1n) is 8.83. The van der Waals surface area contributed by atoms with E-state index in [-0.39, 0.29) is 11.7 Å². The van der Waals surface area contributed by atoms with E-state index in [4.69, 9.17) is 10.6 Å². The van der Waals surface area contributed by atoms with Crippen LogP contribution in [0.2, 0.25) is 0 Å². The molecule has 1 aromatic carbocycles. The van der Waals surface area contributed by atoms with Gasteiger partial charge in [0.05, 0.1) is 18.9 Å². The molecule has 0 radical (unpaired) electrons. The molecule has 0 saturated carbocycles. The van der Waals surface area contributed by atoms with Crippen molar-refractivity contribution in [2.24, 2.45) is 0 Å². The molecular formula is C19H23N5O2S2. The third-order valence-electron chi connectivity index (χ3n) is 4.19. The van der Waals surface area contributed by atoms with Crippen LogP contribution in [-0.4, -0.2) is 45.1 Å². The molecule has 0 aliphatic heterocycles. The summed E-state index contributed by atoms with van der Waals surface area (Å²) in [6.07, 6.45) is 0. The van der Waals surface area contributed by atoms with Gasteiger partial charge < -0.3 is 15.5 Å². The predicted octanol–water partition coefficient (Wildman–Crippen LogP) is 3.18. The fraction of sp³-hybridized carbons (Fsp3) is 0.316. The van der Waals surface area contributed by atoms with Gasteiger partial charge in [0.15, 0.2) is 5.82 Å². The Morgan fingerprint density at radius 2 is 2.04 bits per heavy atom. The van der Waals surface area contributed by atoms with Crippen molar-refractivity contribution in [3.05, 3.63) is 46.2 Å². The summed E-state index contributed by atoms with van der Waals surface area (Å²) in [5.41, 5.74) is 2.04. The van der Waals surface area contributed by atoms with Gasteiger partial charge in [-0.15, -0.1) is 21.5 Å². The molecule has 0 saturated heterocycles. The van der Waals surface area contributed by atoms with E-state index in [0.717, 1.165) is 11.3 Å². The van der Waals surface area contributed by atoms with Gasteiger partial charge in [0.1, 0.15) is 5.75 Å². The van der Waals surface area contributed by atoms with Gasteiger partial charge in [-0.05, 0) is 55.1 Å². The van der Waals surface area contributed by atoms with E-state index in [1.807, 2.05) is 36.6 Å². The maximum absolute atomic E-state index is 12.4. The Balaban J connectivity index is 1.61. The second-order valence-corrected chi connectivity index (χ2v) is 8.14. The van der Waals surface area contributed by atoms with Gasteiger partial charge >= 0.3 is 0 Å². The van der Waals surface area contributed by atoms with Crippen molar-refractivity contribution in [2.45, 2.75) is 25.5 Å². The van der Waals surface area contributed by atoms with Gasteiger partial charge in [0, 0.05) is 17.5 Å². The number of nitrogen functional groups attached to an aromatic ring is 1. The van der Waals surface area contributed by atoms with Crippen molar-refractivity contribution in [3.8, 4) is 17.1 Å². The number of amides is 1. The largest absolute Gasteiger partial charge is 0.494 e. The number of thioether (sulfide) groups is 1. The van der Waals surface area contributed by atoms with Crippen molar-refractivity contribution in [3.63, 3.8) is 0 Å². The van der Waals surface area contributed by atoms with Crippen molar-refractivity contribution < 1.29 is 9.53 Å². The predicted molar refractivity (Wildman–Crippen MR) is 113 cm³/mol. The molecule has 0 aliphatic carbocycles. The van der Waals surface area contributed by atoms with E-state index in [0.29, 0.717) is 24.1 Å². The monoisotopic (exact) mass is 417 g/mol. The maximum atomic E-state index is 12.4. The Bertz CT molecular complexity index is 936. The molecule has 9 heteroatoms. The van der Waals surface area contributed by atoms with E-state index in [2.05, 4.69) is 23.2 Å². The third kappa shape index (κ3) is 4.66. The van der Waals surface area contributed by atoms with E-state index in [1.165, 1.54) is 26.9 Å². The smallest absolute Gasteiger partial charge is 0.233 e. The molecule has 2 N–H and O–H groups in total. The molecule has 3 aromatic rings. The van der Waals surface area contributed by atoms with E-state index < -0.39 is 0 Å². The molecule has 0 fully saturated rings. The third-order valence-corrected chi connectivity index (χ3v) is 6.12. The molecule has 7 nitrogen and oxygen atoms in total. The molecule has 2 aromatic heterocycles. The van der Waals surface area contributed by atoms with Gasteiger partial charge in [-0.25, -0.2) is 4.68 Å². The molecule has 28 heavy (non-hydrogen) atoms. The standard InChI is InChI=1S/C19H23N5O2S2/c1-4-26-15-7-5-14(6-8-15)18-21-22-19(24(18)20)28-12-17(25)23(3)11-16-13(2)9-10-27-16/h5-10H,4,11-12,20H2,1-3H3. The Hall–Kier alpha value is -2.52. The van der Waals surface area contributed by atoms with Crippen LogP contribution in [0.1, 0.15) is 17.4 Å². The number of ether oxygens (including phenoxy) is 1. The van der Waals surface area contributed by atoms with Crippen molar-refractivity contribution in [2.75, 3.05) is 25.3 Å². The number of hydrogen-bond donors (Lipinski definition) is 1. The maximum Gasteiger partial charge on any atom is 0.233 e. The highest BCUT2D eigenvalue weighted by atomic mass is 32.2. The van der Waals surface area contributed by atoms with Crippen LogP contribution in [0, 0.1) is 6.92 Å². The lowest BCUT2D eigenvalue weighted by Crippen LogP contribution is -2.28. The Morgan fingerprint density at radius 1 is 1.29 bits per heavy atom. The summed E-state index contributed by atoms with van der Waals surface area (Å²) in [6.45, 7) is 5.21. The highest BCUT2D eigenvalue weighted by molar-refractivity contribution is 7.99. The number of carbonyl (C=O) groups excluding carboxylic acids is 1. The number of nitrogens with two attached hydrogens (primary N) is 1. The van der Waals surface area contributed by atoms with Crippen LogP contribution >= 0.6 is 23.1 Å². The summed E-state index contributed by atoms with van der Waals surface area (Å²) < 4.78 is 6.86. The lowest BCUT2D eigenvalue weighted by molar-refractivity contribution is -0.127. The number of rotatable bonds is 8. The Labute approximate surface area is 172 Å². The van der Waals surface area contributed by atoms with Crippen LogP contribution in [-0.2, 0) is 11.3 Å². The first kappa shape index (κ1) is 20.2. The van der Waals surface area contributed by atoms with Crippen LogP contribution in [0.15, 0.2) is 40.9 Å². The van der Waals surface area contributed by atoms with E-state index >= 15 is 0 Å². The lowest BCUT2D eigenvalue weighted by atomic mass is 10.2. The number of thiophene rings is 1. The minimum absolute atomic E-state index is 0.0171. The number of aryl methyl sites for hydroxylation is 1. The first-order valence-corrected chi connectivity index (χ1v) is 10.7. The molecule has 0 aliphatic rings. The number of nitrogens with zero attached hydrogens (tertiary/aromatic N) is 4. The summed E-state index contributed by atoms with van der Waals surface area (Å²) in [4.78, 5) is 15.4. The summed E-state index contributed by atoms with van der Waals surface area (Å²) in [5, 5.41) is 10.8. The summed E-state index contributed by atoms with van der Waals surface area (Å²) >= 11 is 2.94. The zero-order valence-corrected chi connectivity index (χ0v) is 17.7. The average molecular weight is 418 g/mol. The summed E-state index contributed by atoms with van der Waals surface area (Å²) in [5.74, 6) is 7.74. The average Bonchev–Trinajstić information content (AvgIpc) is 3.26. The summed E-state index contributed by atoms with van der Waals surface area (Å²) in [7, 11) is 1.81. The fourth-order valence-corrected chi connectivity index (χ4v) is 4.30. The second kappa shape index (κ2) is 9.11. The Morgan fingerprint density at radius 3 is 2.68 bits per heavy atom. The van der Waals surface area contributed by atoms with Gasteiger partial charge in [-0.2, -0.15) is 0 Å². The summed E-state index contributed by atoms with van der Waals surface area (Å²) in [6, 6.07) is 9.56. The van der Waals surface area contributed by atoms with Gasteiger partial charge in [0.2, 0.25) is 11.1 Å². The first-order chi connectivity index (χ1) is 13.5. The number of carbonyl (C=O) groups is 1. The van der Waals surface area contributed by atoms with E-state index in [1.54, 1.807) is 23.3 Å². The number of benzene rings is 1. The quantitative estimate of drug-likeness (QED) is 0.447. The minimum atomic E-state index is 0.0171. The fourth-order valence-electron chi connectivity index (χ4n) is 2.55. The van der Waals surface area contributed by atoms with Crippen LogP contribution in [0.4, 0.5) is 0 Å². The Kier molecular flexibility index (Phi) is 6.58. The van der Waals surface area contributed by atoms with Crippen LogP contribution in [0.25, 0.3) is 11.4 Å². The molecule has 0 atom stereocenters. The van der Waals surface area contributed by atoms with Crippen LogP contribution < -0.4 is 10.6 Å². The molecular weight excluding hydrogens is 394 g/mol. The SMILES string of the molecule is CCOc1ccc(-c2nnc(SCC(=O)N(C)Cc3sccc3C)n2N)cc1. The molecule has 0 bridgehead atoms. The zero-order valence-electron chi connectivity index (χ0n) is 16.1. The highest BCUT2D eigenvalue weighted by Gasteiger charge is 2.16. The topological polar surface area (TPSA) is 86.3 Å². The second-order valence-electron chi connectivity index (χ2n) is 6.20. The van der Waals surface area contributed by atoms with Gasteiger partial charge in [0.25, 0.3) is 0 Å². The normalized spacial score (nSPS) is 10.8. The van der Waals surface area contributed by atoms with Crippen LogP contribution in [0.3, 0.4) is 0 Å². The number of aromatic nitrogens is 3. The molecule has 3 rings (SSSR count). The van der Waals surface area contributed by atoms with Crippen LogP contribution in [0.5, 0.6) is 5.75 Å². The molecule has 2 heterocycles. The molecule has 148 valence electrons. The number of hydrogen-bond acceptors (Lipinski definition) is 7. The van der Waals surface area contributed by atoms with Gasteiger partial charge in [-0.3, -0.25) is 4.79 Å². The molecule has 0 spiro atoms. The van der Waals surface area contributed by atoms with Crippen molar-refractivity contribution in [1.29, 1.82) is 0 Å². The van der Waals surface area contributed by atoms with Crippen molar-refractivity contribution in [1.82, 2.24) is 19.8 Å². The minimum Gasteiger partial charge on any atom is -0.494 e. The lowest BCUT2D eigenvalue weighted by Gasteiger charge is -2.16. The molecule has 1 amide bonds. The zero-order chi connectivity index (χ0) is 20.1.